The van der Waals surface area contributed by atoms with Gasteiger partial charge in [0.1, 0.15) is 0 Å². The maximum Gasteiger partial charge on any atom is 1.00 e. The molecular formula is C16H29KO4. The summed E-state index contributed by atoms with van der Waals surface area (Å²) in [6.07, 6.45) is 11.5. The molecule has 0 N–H and O–H groups in total. The Kier molecular flexibility index (Phi) is 21.1. The fourth-order valence-corrected chi connectivity index (χ4v) is 2.05. The summed E-state index contributed by atoms with van der Waals surface area (Å²) in [6.45, 7) is 2.68. The molecule has 0 aromatic carbocycles. The van der Waals surface area contributed by atoms with Gasteiger partial charge in [0.05, 0.1) is 6.61 Å². The number of esters is 1. The number of hydrogen-bond acceptors (Lipinski definition) is 4. The fourth-order valence-electron chi connectivity index (χ4n) is 2.05. The number of unbranched alkanes of at least 4 members (excludes halogenated alkanes) is 8. The molecule has 0 radical (unpaired) electrons. The minimum atomic E-state index is -1.11. The van der Waals surface area contributed by atoms with Crippen LogP contribution in [0.1, 0.15) is 84.0 Å². The monoisotopic (exact) mass is 324 g/mol. The Morgan fingerprint density at radius 2 is 1.33 bits per heavy atom. The van der Waals surface area contributed by atoms with E-state index in [9.17, 15) is 14.7 Å². The van der Waals surface area contributed by atoms with Crippen LogP contribution in [0.5, 0.6) is 0 Å². The number of carboxylic acids is 1. The van der Waals surface area contributed by atoms with Crippen molar-refractivity contribution in [1.29, 1.82) is 0 Å². The summed E-state index contributed by atoms with van der Waals surface area (Å²) in [5.41, 5.74) is 0. The van der Waals surface area contributed by atoms with Crippen molar-refractivity contribution in [2.75, 3.05) is 6.61 Å². The maximum absolute atomic E-state index is 11.2. The summed E-state index contributed by atoms with van der Waals surface area (Å²) in [4.78, 5) is 21.4. The molecule has 0 saturated carbocycles. The molecule has 5 heteroatoms. The Morgan fingerprint density at radius 3 is 1.86 bits per heavy atom. The van der Waals surface area contributed by atoms with Crippen molar-refractivity contribution >= 4 is 11.9 Å². The van der Waals surface area contributed by atoms with Crippen LogP contribution in [0, 0.1) is 0 Å². The average molecular weight is 325 g/mol. The standard InChI is InChI=1S/C16H30O4.K/c1-2-3-4-5-6-7-8-9-10-14-20-16(19)13-11-12-15(17)18;/h2-14H2,1H3,(H,17,18);/q;+1/p-1. The second kappa shape index (κ2) is 18.6. The van der Waals surface area contributed by atoms with Crippen molar-refractivity contribution in [3.05, 3.63) is 0 Å². The van der Waals surface area contributed by atoms with Gasteiger partial charge in [-0.05, 0) is 19.3 Å². The van der Waals surface area contributed by atoms with Gasteiger partial charge in [0.15, 0.2) is 0 Å². The van der Waals surface area contributed by atoms with Crippen LogP contribution in [-0.2, 0) is 14.3 Å². The van der Waals surface area contributed by atoms with Gasteiger partial charge in [0.25, 0.3) is 0 Å². The normalized spacial score (nSPS) is 9.95. The number of carboxylic acid groups (broad SMARTS) is 1. The molecule has 0 aliphatic heterocycles. The van der Waals surface area contributed by atoms with Crippen molar-refractivity contribution in [1.82, 2.24) is 0 Å². The van der Waals surface area contributed by atoms with E-state index in [1.54, 1.807) is 0 Å². The van der Waals surface area contributed by atoms with Gasteiger partial charge in [-0.2, -0.15) is 0 Å². The van der Waals surface area contributed by atoms with E-state index in [0.717, 1.165) is 12.8 Å². The number of ether oxygens (including phenoxy) is 1. The first-order valence-electron chi connectivity index (χ1n) is 8.02. The first kappa shape index (κ1) is 23.8. The first-order chi connectivity index (χ1) is 9.66. The SMILES string of the molecule is CCCCCCCCCCCOC(=O)CCCC(=O)[O-].[K+]. The minimum Gasteiger partial charge on any atom is -0.550 e. The molecule has 0 rings (SSSR count). The van der Waals surface area contributed by atoms with Crippen LogP contribution >= 0.6 is 0 Å². The first-order valence-corrected chi connectivity index (χ1v) is 8.02. The van der Waals surface area contributed by atoms with Crippen LogP contribution in [0.25, 0.3) is 0 Å². The van der Waals surface area contributed by atoms with Crippen molar-refractivity contribution in [2.24, 2.45) is 0 Å². The van der Waals surface area contributed by atoms with E-state index in [1.807, 2.05) is 0 Å². The molecular weight excluding hydrogens is 295 g/mol. The minimum absolute atomic E-state index is 0. The Bertz CT molecular complexity index is 257. The summed E-state index contributed by atoms with van der Waals surface area (Å²) in [5, 5.41) is 10.2. The van der Waals surface area contributed by atoms with Crippen molar-refractivity contribution in [3.63, 3.8) is 0 Å². The molecule has 0 unspecified atom stereocenters. The van der Waals surface area contributed by atoms with Gasteiger partial charge >= 0.3 is 57.4 Å². The maximum atomic E-state index is 11.2. The Balaban J connectivity index is 0. The van der Waals surface area contributed by atoms with Gasteiger partial charge in [0, 0.05) is 12.4 Å². The van der Waals surface area contributed by atoms with Gasteiger partial charge in [-0.3, -0.25) is 4.79 Å². The smallest absolute Gasteiger partial charge is 0.550 e. The average Bonchev–Trinajstić information content (AvgIpc) is 2.40. The van der Waals surface area contributed by atoms with E-state index in [0.29, 0.717) is 13.0 Å². The Labute approximate surface area is 171 Å². The molecule has 0 aliphatic rings. The van der Waals surface area contributed by atoms with Gasteiger partial charge in [-0.15, -0.1) is 0 Å². The van der Waals surface area contributed by atoms with Gasteiger partial charge in [-0.1, -0.05) is 58.3 Å². The van der Waals surface area contributed by atoms with Gasteiger partial charge in [0.2, 0.25) is 0 Å². The molecule has 118 valence electrons. The number of rotatable bonds is 14. The third kappa shape index (κ3) is 20.6. The second-order valence-corrected chi connectivity index (χ2v) is 5.27. The van der Waals surface area contributed by atoms with Crippen molar-refractivity contribution in [2.45, 2.75) is 84.0 Å². The van der Waals surface area contributed by atoms with Crippen LogP contribution < -0.4 is 56.5 Å². The zero-order valence-electron chi connectivity index (χ0n) is 13.8. The largest absolute Gasteiger partial charge is 1.00 e. The van der Waals surface area contributed by atoms with Gasteiger partial charge in [-0.25, -0.2) is 0 Å². The molecule has 0 fully saturated rings. The molecule has 0 atom stereocenters. The predicted molar refractivity (Wildman–Crippen MR) is 77.0 cm³/mol. The Hall–Kier alpha value is 0.576. The zero-order chi connectivity index (χ0) is 15.1. The Morgan fingerprint density at radius 1 is 0.810 bits per heavy atom. The summed E-state index contributed by atoms with van der Waals surface area (Å²) in [6, 6.07) is 0. The summed E-state index contributed by atoms with van der Waals surface area (Å²) >= 11 is 0. The van der Waals surface area contributed by atoms with Crippen LogP contribution in [0.2, 0.25) is 0 Å². The summed E-state index contributed by atoms with van der Waals surface area (Å²) < 4.78 is 5.03. The molecule has 0 heterocycles. The van der Waals surface area contributed by atoms with Crippen LogP contribution in [0.4, 0.5) is 0 Å². The molecule has 4 nitrogen and oxygen atoms in total. The van der Waals surface area contributed by atoms with E-state index in [1.165, 1.54) is 44.9 Å². The van der Waals surface area contributed by atoms with E-state index < -0.39 is 5.97 Å². The molecule has 0 aliphatic carbocycles. The molecule has 0 amide bonds. The number of aliphatic carboxylic acids is 1. The molecule has 21 heavy (non-hydrogen) atoms. The number of hydrogen-bond donors (Lipinski definition) is 0. The van der Waals surface area contributed by atoms with E-state index >= 15 is 0 Å². The van der Waals surface area contributed by atoms with E-state index in [-0.39, 0.29) is 70.2 Å². The quantitative estimate of drug-likeness (QED) is 0.256. The number of carbonyl (C=O) groups excluding carboxylic acids is 2. The van der Waals surface area contributed by atoms with E-state index in [2.05, 4.69) is 6.92 Å². The van der Waals surface area contributed by atoms with Crippen LogP contribution in [-0.4, -0.2) is 18.5 Å². The molecule has 0 aromatic rings. The summed E-state index contributed by atoms with van der Waals surface area (Å²) in [7, 11) is 0. The molecule has 0 bridgehead atoms. The second-order valence-electron chi connectivity index (χ2n) is 5.27. The summed E-state index contributed by atoms with van der Waals surface area (Å²) in [5.74, 6) is -1.41. The van der Waals surface area contributed by atoms with Crippen molar-refractivity contribution < 1.29 is 70.8 Å². The zero-order valence-corrected chi connectivity index (χ0v) is 16.9. The fraction of sp³-hybridized carbons (Fsp3) is 0.875. The number of carbonyl (C=O) groups is 2. The van der Waals surface area contributed by atoms with Crippen LogP contribution in [0.3, 0.4) is 0 Å². The van der Waals surface area contributed by atoms with Crippen molar-refractivity contribution in [3.8, 4) is 0 Å². The molecule has 0 aromatic heterocycles. The van der Waals surface area contributed by atoms with Gasteiger partial charge < -0.3 is 14.6 Å². The third-order valence-corrected chi connectivity index (χ3v) is 3.27. The molecule has 0 saturated heterocycles. The molecule has 0 spiro atoms. The van der Waals surface area contributed by atoms with E-state index in [4.69, 9.17) is 4.74 Å². The topological polar surface area (TPSA) is 66.4 Å². The van der Waals surface area contributed by atoms with Crippen LogP contribution in [0.15, 0.2) is 0 Å². The predicted octanol–water partition coefficient (Wildman–Crippen LogP) is -0.0154. The third-order valence-electron chi connectivity index (χ3n) is 3.27.